The highest BCUT2D eigenvalue weighted by Crippen LogP contribution is 2.16. The Morgan fingerprint density at radius 1 is 1.29 bits per heavy atom. The fourth-order valence-corrected chi connectivity index (χ4v) is 3.47. The molecule has 1 N–H and O–H groups in total. The van der Waals surface area contributed by atoms with E-state index in [1.807, 2.05) is 29.9 Å². The second-order valence-electron chi connectivity index (χ2n) is 7.11. The first kappa shape index (κ1) is 20.0. The van der Waals surface area contributed by atoms with Crippen LogP contribution < -0.4 is 4.90 Å². The first-order valence-corrected chi connectivity index (χ1v) is 9.60. The zero-order valence-electron chi connectivity index (χ0n) is 16.2. The van der Waals surface area contributed by atoms with Crippen LogP contribution in [0.3, 0.4) is 0 Å². The Hall–Kier alpha value is -2.71. The maximum Gasteiger partial charge on any atom is 0.270 e. The number of aryl methyl sites for hydroxylation is 1. The van der Waals surface area contributed by atoms with E-state index in [1.165, 1.54) is 17.0 Å². The van der Waals surface area contributed by atoms with Crippen LogP contribution in [0.2, 0.25) is 0 Å². The molecule has 28 heavy (non-hydrogen) atoms. The van der Waals surface area contributed by atoms with Gasteiger partial charge in [-0.1, -0.05) is 6.07 Å². The number of hydrogen-bond donors (Lipinski definition) is 1. The zero-order chi connectivity index (χ0) is 19.9. The fourth-order valence-electron chi connectivity index (χ4n) is 3.47. The summed E-state index contributed by atoms with van der Waals surface area (Å²) in [5, 5.41) is 11.1. The van der Waals surface area contributed by atoms with Gasteiger partial charge in [-0.05, 0) is 18.2 Å². The normalized spacial score (nSPS) is 14.8. The predicted molar refractivity (Wildman–Crippen MR) is 104 cm³/mol. The number of nitro benzene ring substituents is 1. The number of ether oxygens (including phenoxy) is 1. The van der Waals surface area contributed by atoms with Crippen molar-refractivity contribution in [1.82, 2.24) is 9.47 Å². The van der Waals surface area contributed by atoms with Crippen LogP contribution in [-0.4, -0.2) is 59.7 Å². The van der Waals surface area contributed by atoms with E-state index in [0.29, 0.717) is 18.7 Å². The number of nitrogens with zero attached hydrogens (tertiary/aromatic N) is 3. The Morgan fingerprint density at radius 3 is 2.75 bits per heavy atom. The van der Waals surface area contributed by atoms with Gasteiger partial charge in [0.05, 0.1) is 31.2 Å². The van der Waals surface area contributed by atoms with E-state index in [0.717, 1.165) is 45.0 Å². The van der Waals surface area contributed by atoms with Crippen molar-refractivity contribution in [3.63, 3.8) is 0 Å². The summed E-state index contributed by atoms with van der Waals surface area (Å²) in [5.41, 5.74) is 1.31. The zero-order valence-corrected chi connectivity index (χ0v) is 16.2. The minimum absolute atomic E-state index is 0.0672. The van der Waals surface area contributed by atoms with Crippen LogP contribution in [0.4, 0.5) is 5.69 Å². The van der Waals surface area contributed by atoms with Crippen molar-refractivity contribution >= 4 is 11.6 Å². The number of aromatic nitrogens is 1. The highest BCUT2D eigenvalue weighted by molar-refractivity contribution is 5.94. The van der Waals surface area contributed by atoms with Crippen molar-refractivity contribution in [3.8, 4) is 0 Å². The highest BCUT2D eigenvalue weighted by atomic mass is 16.6. The molecule has 0 radical (unpaired) electrons. The van der Waals surface area contributed by atoms with Gasteiger partial charge in [0, 0.05) is 49.6 Å². The van der Waals surface area contributed by atoms with E-state index in [4.69, 9.17) is 4.74 Å². The van der Waals surface area contributed by atoms with Gasteiger partial charge in [0.15, 0.2) is 0 Å². The van der Waals surface area contributed by atoms with Gasteiger partial charge in [-0.2, -0.15) is 0 Å². The van der Waals surface area contributed by atoms with Crippen molar-refractivity contribution in [2.45, 2.75) is 13.0 Å². The van der Waals surface area contributed by atoms with Crippen molar-refractivity contribution in [2.75, 3.05) is 39.4 Å². The average molecular weight is 387 g/mol. The molecule has 150 valence electrons. The lowest BCUT2D eigenvalue weighted by atomic mass is 10.1. The molecule has 1 saturated heterocycles. The summed E-state index contributed by atoms with van der Waals surface area (Å²) in [6.07, 6.45) is 2.82. The minimum atomic E-state index is -0.472. The molecular formula is C20H27N4O4+. The SMILES string of the molecule is Cn1cccc1CN(CCC[NH+]1CCOCC1)C(=O)c1cccc([N+](=O)[O-])c1. The summed E-state index contributed by atoms with van der Waals surface area (Å²) in [5.74, 6) is -0.179. The standard InChI is InChI=1S/C20H26N4O4/c1-21-8-3-7-19(21)16-23(10-4-9-22-11-13-28-14-12-22)20(25)17-5-2-6-18(15-17)24(26)27/h2-3,5-8,15H,4,9-14,16H2,1H3/p+1. The van der Waals surface area contributed by atoms with E-state index in [-0.39, 0.29) is 11.6 Å². The molecule has 0 spiro atoms. The van der Waals surface area contributed by atoms with Crippen LogP contribution in [0.5, 0.6) is 0 Å². The van der Waals surface area contributed by atoms with E-state index < -0.39 is 4.92 Å². The van der Waals surface area contributed by atoms with Gasteiger partial charge in [-0.3, -0.25) is 14.9 Å². The number of carbonyl (C=O) groups excluding carboxylic acids is 1. The summed E-state index contributed by atoms with van der Waals surface area (Å²) in [6.45, 7) is 5.63. The number of non-ortho nitro benzene ring substituents is 1. The highest BCUT2D eigenvalue weighted by Gasteiger charge is 2.21. The number of rotatable bonds is 8. The largest absolute Gasteiger partial charge is 0.370 e. The van der Waals surface area contributed by atoms with E-state index >= 15 is 0 Å². The van der Waals surface area contributed by atoms with Gasteiger partial charge in [-0.15, -0.1) is 0 Å². The smallest absolute Gasteiger partial charge is 0.270 e. The molecule has 0 atom stereocenters. The second-order valence-corrected chi connectivity index (χ2v) is 7.11. The van der Waals surface area contributed by atoms with E-state index in [9.17, 15) is 14.9 Å². The van der Waals surface area contributed by atoms with Crippen LogP contribution >= 0.6 is 0 Å². The number of morpholine rings is 1. The summed E-state index contributed by atoms with van der Waals surface area (Å²) in [7, 11) is 1.95. The second kappa shape index (κ2) is 9.48. The lowest BCUT2D eigenvalue weighted by Crippen LogP contribution is -3.14. The summed E-state index contributed by atoms with van der Waals surface area (Å²) < 4.78 is 7.38. The molecule has 1 amide bonds. The molecule has 3 rings (SSSR count). The van der Waals surface area contributed by atoms with E-state index in [1.54, 1.807) is 17.0 Å². The third-order valence-electron chi connectivity index (χ3n) is 5.15. The van der Waals surface area contributed by atoms with Crippen LogP contribution in [0.1, 0.15) is 22.5 Å². The lowest BCUT2D eigenvalue weighted by Gasteiger charge is -2.26. The molecule has 1 aliphatic rings. The Labute approximate surface area is 164 Å². The molecular weight excluding hydrogens is 360 g/mol. The summed E-state index contributed by atoms with van der Waals surface area (Å²) in [4.78, 5) is 27.0. The number of carbonyl (C=O) groups is 1. The quantitative estimate of drug-likeness (QED) is 0.539. The number of amides is 1. The summed E-state index contributed by atoms with van der Waals surface area (Å²) >= 11 is 0. The van der Waals surface area contributed by atoms with Crippen LogP contribution in [0, 0.1) is 10.1 Å². The average Bonchev–Trinajstić information content (AvgIpc) is 3.12. The van der Waals surface area contributed by atoms with Crippen LogP contribution in [0.25, 0.3) is 0 Å². The van der Waals surface area contributed by atoms with Gasteiger partial charge in [-0.25, -0.2) is 0 Å². The summed E-state index contributed by atoms with van der Waals surface area (Å²) in [6, 6.07) is 9.89. The number of nitrogens with one attached hydrogen (secondary N) is 1. The molecule has 1 aromatic heterocycles. The number of benzene rings is 1. The third kappa shape index (κ3) is 5.17. The molecule has 2 heterocycles. The Balaban J connectivity index is 1.71. The van der Waals surface area contributed by atoms with Crippen molar-refractivity contribution in [1.29, 1.82) is 0 Å². The molecule has 2 aromatic rings. The van der Waals surface area contributed by atoms with Gasteiger partial charge in [0.2, 0.25) is 0 Å². The first-order chi connectivity index (χ1) is 13.5. The van der Waals surface area contributed by atoms with Crippen molar-refractivity contribution in [2.24, 2.45) is 7.05 Å². The van der Waals surface area contributed by atoms with Gasteiger partial charge in [0.1, 0.15) is 13.1 Å². The molecule has 0 saturated carbocycles. The molecule has 0 unspecified atom stereocenters. The van der Waals surface area contributed by atoms with Crippen LogP contribution in [0.15, 0.2) is 42.6 Å². The molecule has 0 bridgehead atoms. The number of quaternary nitrogens is 1. The van der Waals surface area contributed by atoms with Gasteiger partial charge in [0.25, 0.3) is 11.6 Å². The van der Waals surface area contributed by atoms with Crippen molar-refractivity contribution in [3.05, 3.63) is 64.0 Å². The fraction of sp³-hybridized carbons (Fsp3) is 0.450. The molecule has 1 fully saturated rings. The molecule has 8 nitrogen and oxygen atoms in total. The number of hydrogen-bond acceptors (Lipinski definition) is 4. The molecule has 8 heteroatoms. The maximum atomic E-state index is 13.1. The predicted octanol–water partition coefficient (Wildman–Crippen LogP) is 0.881. The van der Waals surface area contributed by atoms with Gasteiger partial charge < -0.3 is 19.1 Å². The Morgan fingerprint density at radius 2 is 2.07 bits per heavy atom. The van der Waals surface area contributed by atoms with E-state index in [2.05, 4.69) is 0 Å². The molecule has 1 aromatic carbocycles. The number of nitro groups is 1. The maximum absolute atomic E-state index is 13.1. The third-order valence-corrected chi connectivity index (χ3v) is 5.15. The lowest BCUT2D eigenvalue weighted by molar-refractivity contribution is -0.908. The molecule has 1 aliphatic heterocycles. The van der Waals surface area contributed by atoms with Gasteiger partial charge >= 0.3 is 0 Å². The topological polar surface area (TPSA) is 82.0 Å². The Bertz CT molecular complexity index is 814. The van der Waals surface area contributed by atoms with Crippen LogP contribution in [-0.2, 0) is 18.3 Å². The van der Waals surface area contributed by atoms with Crippen molar-refractivity contribution < 1.29 is 19.4 Å². The monoisotopic (exact) mass is 387 g/mol. The minimum Gasteiger partial charge on any atom is -0.370 e. The molecule has 0 aliphatic carbocycles. The first-order valence-electron chi connectivity index (χ1n) is 9.60. The Kier molecular flexibility index (Phi) is 6.78.